The number of methoxy groups -OCH3 is 1. The first kappa shape index (κ1) is 20.3. The first-order chi connectivity index (χ1) is 13.3. The third-order valence-corrected chi connectivity index (χ3v) is 6.06. The molecular weight excluding hydrogens is 404 g/mol. The zero-order valence-corrected chi connectivity index (χ0v) is 17.5. The molecule has 28 heavy (non-hydrogen) atoms. The molecule has 1 aromatic carbocycles. The number of imide groups is 1. The molecule has 1 fully saturated rings. The number of nitrogens with zero attached hydrogens (tertiary/aromatic N) is 4. The summed E-state index contributed by atoms with van der Waals surface area (Å²) in [5.74, 6) is -0.451. The molecule has 3 amide bonds. The molecule has 148 valence electrons. The van der Waals surface area contributed by atoms with Crippen LogP contribution in [0.1, 0.15) is 12.5 Å². The van der Waals surface area contributed by atoms with Crippen molar-refractivity contribution >= 4 is 52.3 Å². The summed E-state index contributed by atoms with van der Waals surface area (Å²) in [6, 6.07) is 6.08. The number of carbonyl (C=O) groups is 3. The van der Waals surface area contributed by atoms with Crippen molar-refractivity contribution in [2.75, 3.05) is 21.2 Å². The lowest BCUT2D eigenvalue weighted by molar-refractivity contribution is -0.548. The minimum absolute atomic E-state index is 0.301. The zero-order chi connectivity index (χ0) is 20.6. The van der Waals surface area contributed by atoms with Gasteiger partial charge in [-0.15, -0.1) is 0 Å². The fourth-order valence-corrected chi connectivity index (χ4v) is 4.17. The maximum atomic E-state index is 12.9. The van der Waals surface area contributed by atoms with E-state index in [4.69, 9.17) is 16.3 Å². The highest BCUT2D eigenvalue weighted by molar-refractivity contribution is 8.14. The number of amides is 3. The van der Waals surface area contributed by atoms with Crippen LogP contribution >= 0.6 is 23.4 Å². The summed E-state index contributed by atoms with van der Waals surface area (Å²) < 4.78 is 6.56. The molecule has 0 aliphatic carbocycles. The molecular formula is C18H20ClN4O4S+. The van der Waals surface area contributed by atoms with Crippen LogP contribution in [0.25, 0.3) is 0 Å². The number of rotatable bonds is 4. The third kappa shape index (κ3) is 3.51. The number of esters is 1. The molecule has 1 aromatic rings. The standard InChI is InChI=1S/C18H20ClN4O4S/c1-10(16(25)27-4)28-17-20-14-13(15(24)22(3)18(26)21(14)2)23(17)9-11-7-5-6-8-12(11)19/h5-8,10,13H,9H2,1-4H3/q+1. The van der Waals surface area contributed by atoms with Crippen LogP contribution in [-0.4, -0.2) is 75.8 Å². The highest BCUT2D eigenvalue weighted by atomic mass is 35.5. The van der Waals surface area contributed by atoms with E-state index < -0.39 is 23.3 Å². The van der Waals surface area contributed by atoms with Gasteiger partial charge in [0.25, 0.3) is 17.8 Å². The molecule has 2 aliphatic rings. The molecule has 1 saturated heterocycles. The molecule has 2 atom stereocenters. The number of hydrogen-bond donors (Lipinski definition) is 0. The molecule has 3 rings (SSSR count). The number of amidine groups is 2. The summed E-state index contributed by atoms with van der Waals surface area (Å²) in [6.45, 7) is 2.00. The number of ether oxygens (including phenoxy) is 1. The van der Waals surface area contributed by atoms with Crippen LogP contribution in [0.5, 0.6) is 0 Å². The first-order valence-electron chi connectivity index (χ1n) is 8.51. The number of hydrogen-bond acceptors (Lipinski definition) is 6. The van der Waals surface area contributed by atoms with Crippen LogP contribution in [0.15, 0.2) is 29.3 Å². The van der Waals surface area contributed by atoms with Gasteiger partial charge in [0.05, 0.1) is 7.11 Å². The number of likely N-dealkylation sites (N-methyl/N-ethyl adjacent to an activating group) is 2. The average molecular weight is 424 g/mol. The van der Waals surface area contributed by atoms with Gasteiger partial charge in [0, 0.05) is 24.7 Å². The Bertz CT molecular complexity index is 917. The van der Waals surface area contributed by atoms with Crippen LogP contribution in [0, 0.1) is 0 Å². The van der Waals surface area contributed by atoms with E-state index in [9.17, 15) is 14.4 Å². The summed E-state index contributed by atoms with van der Waals surface area (Å²) >= 11 is 7.48. The topological polar surface area (TPSA) is 82.3 Å². The smallest absolute Gasteiger partial charge is 0.359 e. The fourth-order valence-electron chi connectivity index (χ4n) is 3.01. The Kier molecular flexibility index (Phi) is 5.76. The van der Waals surface area contributed by atoms with Crippen LogP contribution < -0.4 is 0 Å². The molecule has 2 aliphatic heterocycles. The Morgan fingerprint density at radius 3 is 2.64 bits per heavy atom. The minimum atomic E-state index is -0.767. The maximum Gasteiger partial charge on any atom is 0.359 e. The molecule has 2 unspecified atom stereocenters. The van der Waals surface area contributed by atoms with E-state index in [1.54, 1.807) is 24.6 Å². The number of halogens is 1. The van der Waals surface area contributed by atoms with E-state index >= 15 is 0 Å². The Balaban J connectivity index is 2.04. The number of urea groups is 1. The molecule has 2 heterocycles. The highest BCUT2D eigenvalue weighted by Gasteiger charge is 2.53. The van der Waals surface area contributed by atoms with Gasteiger partial charge in [0.15, 0.2) is 0 Å². The van der Waals surface area contributed by atoms with Crippen LogP contribution in [-0.2, 0) is 20.9 Å². The number of benzene rings is 1. The normalized spacial score (nSPS) is 20.3. The van der Waals surface area contributed by atoms with Crippen molar-refractivity contribution in [2.24, 2.45) is 4.99 Å². The van der Waals surface area contributed by atoms with Gasteiger partial charge in [-0.3, -0.25) is 19.4 Å². The molecule has 8 nitrogen and oxygen atoms in total. The number of fused-ring (bicyclic) bond motifs is 1. The van der Waals surface area contributed by atoms with Gasteiger partial charge in [-0.25, -0.2) is 9.37 Å². The van der Waals surface area contributed by atoms with Crippen molar-refractivity contribution in [1.82, 2.24) is 9.80 Å². The second-order valence-electron chi connectivity index (χ2n) is 6.40. The molecule has 0 radical (unpaired) electrons. The monoisotopic (exact) mass is 423 g/mol. The number of carbonyl (C=O) groups excluding carboxylic acids is 3. The summed E-state index contributed by atoms with van der Waals surface area (Å²) in [7, 11) is 4.33. The van der Waals surface area contributed by atoms with Gasteiger partial charge in [0.1, 0.15) is 11.8 Å². The van der Waals surface area contributed by atoms with Crippen LogP contribution in [0.2, 0.25) is 5.02 Å². The van der Waals surface area contributed by atoms with E-state index in [1.807, 2.05) is 18.2 Å². The lowest BCUT2D eigenvalue weighted by Gasteiger charge is -2.30. The quantitative estimate of drug-likeness (QED) is 0.545. The van der Waals surface area contributed by atoms with Gasteiger partial charge >= 0.3 is 17.2 Å². The zero-order valence-electron chi connectivity index (χ0n) is 15.9. The van der Waals surface area contributed by atoms with Gasteiger partial charge in [0.2, 0.25) is 0 Å². The second-order valence-corrected chi connectivity index (χ2v) is 8.11. The Morgan fingerprint density at radius 1 is 1.32 bits per heavy atom. The summed E-state index contributed by atoms with van der Waals surface area (Å²) in [5, 5.41) is 0.482. The lowest BCUT2D eigenvalue weighted by atomic mass is 10.1. The predicted octanol–water partition coefficient (Wildman–Crippen LogP) is 1.81. The van der Waals surface area contributed by atoms with Crippen molar-refractivity contribution in [3.63, 3.8) is 0 Å². The number of thioether (sulfide) groups is 1. The van der Waals surface area contributed by atoms with Gasteiger partial charge < -0.3 is 4.74 Å². The van der Waals surface area contributed by atoms with Crippen LogP contribution in [0.3, 0.4) is 0 Å². The van der Waals surface area contributed by atoms with Crippen molar-refractivity contribution in [3.8, 4) is 0 Å². The lowest BCUT2D eigenvalue weighted by Crippen LogP contribution is -2.61. The number of aliphatic imine (C=N–C) groups is 1. The maximum absolute atomic E-state index is 12.9. The van der Waals surface area contributed by atoms with Crippen molar-refractivity contribution in [1.29, 1.82) is 0 Å². The van der Waals surface area contributed by atoms with E-state index in [1.165, 1.54) is 30.8 Å². The van der Waals surface area contributed by atoms with Crippen molar-refractivity contribution < 1.29 is 23.7 Å². The average Bonchev–Trinajstić information content (AvgIpc) is 3.03. The van der Waals surface area contributed by atoms with E-state index in [-0.39, 0.29) is 5.91 Å². The molecule has 0 saturated carbocycles. The second kappa shape index (κ2) is 7.92. The fraction of sp³-hybridized carbons (Fsp3) is 0.389. The van der Waals surface area contributed by atoms with Crippen molar-refractivity contribution in [3.05, 3.63) is 34.9 Å². The molecule has 0 N–H and O–H groups in total. The third-order valence-electron chi connectivity index (χ3n) is 4.61. The first-order valence-corrected chi connectivity index (χ1v) is 9.77. The van der Waals surface area contributed by atoms with E-state index in [0.29, 0.717) is 22.6 Å². The summed E-state index contributed by atoms with van der Waals surface area (Å²) in [4.78, 5) is 44.0. The molecule has 0 spiro atoms. The van der Waals surface area contributed by atoms with E-state index in [2.05, 4.69) is 4.99 Å². The summed E-state index contributed by atoms with van der Waals surface area (Å²) in [5.41, 5.74) is 0.805. The van der Waals surface area contributed by atoms with Gasteiger partial charge in [-0.2, -0.15) is 0 Å². The largest absolute Gasteiger partial charge is 0.468 e. The Morgan fingerprint density at radius 2 is 2.00 bits per heavy atom. The molecule has 0 bridgehead atoms. The van der Waals surface area contributed by atoms with Gasteiger partial charge in [-0.1, -0.05) is 29.8 Å². The Hall–Kier alpha value is -2.39. The van der Waals surface area contributed by atoms with Crippen molar-refractivity contribution in [2.45, 2.75) is 24.8 Å². The summed E-state index contributed by atoms with van der Waals surface area (Å²) in [6.07, 6.45) is 0. The Labute approximate surface area is 171 Å². The highest BCUT2D eigenvalue weighted by Crippen LogP contribution is 2.27. The molecule has 10 heteroatoms. The van der Waals surface area contributed by atoms with Crippen LogP contribution in [0.4, 0.5) is 4.79 Å². The molecule has 0 aromatic heterocycles. The van der Waals surface area contributed by atoms with Gasteiger partial charge in [-0.05, 0) is 29.7 Å². The van der Waals surface area contributed by atoms with E-state index in [0.717, 1.165) is 10.5 Å². The predicted molar refractivity (Wildman–Crippen MR) is 107 cm³/mol. The SMILES string of the molecule is COC(=O)C(C)SC1=[N+](Cc2ccccc2Cl)C2C(=O)N(C)C(=O)N(C)C2=N1. The minimum Gasteiger partial charge on any atom is -0.468 e.